The third-order valence-electron chi connectivity index (χ3n) is 5.13. The molecule has 1 aromatic rings. The van der Waals surface area contributed by atoms with E-state index in [9.17, 15) is 8.42 Å². The minimum absolute atomic E-state index is 0.0412. The molecular weight excluding hydrogens is 330 g/mol. The standard InChI is InChI=1S/C16H25N3O4S/c20-24(21,13-5-6-13)19-12-15(16-14(19)4-1-10-23-16)22-11-3-9-18-8-2-7-17-18/h2,7-8,13-16H,1,3-6,9-12H2/t14-,15-,16-/m1/s1. The third kappa shape index (κ3) is 3.24. The topological polar surface area (TPSA) is 73.7 Å². The van der Waals surface area contributed by atoms with Crippen LogP contribution in [0.2, 0.25) is 0 Å². The van der Waals surface area contributed by atoms with Crippen LogP contribution in [0.25, 0.3) is 0 Å². The van der Waals surface area contributed by atoms with Gasteiger partial charge in [0.15, 0.2) is 0 Å². The largest absolute Gasteiger partial charge is 0.374 e. The van der Waals surface area contributed by atoms with Crippen LogP contribution in [-0.4, -0.2) is 65.8 Å². The van der Waals surface area contributed by atoms with Gasteiger partial charge in [-0.15, -0.1) is 0 Å². The van der Waals surface area contributed by atoms with E-state index >= 15 is 0 Å². The molecule has 1 aliphatic carbocycles. The van der Waals surface area contributed by atoms with E-state index in [1.165, 1.54) is 0 Å². The monoisotopic (exact) mass is 355 g/mol. The quantitative estimate of drug-likeness (QED) is 0.683. The molecule has 0 N–H and O–H groups in total. The zero-order valence-corrected chi connectivity index (χ0v) is 14.6. The fraction of sp³-hybridized carbons (Fsp3) is 0.812. The van der Waals surface area contributed by atoms with Gasteiger partial charge in [0.05, 0.1) is 17.4 Å². The number of fused-ring (bicyclic) bond motifs is 1. The molecule has 1 saturated carbocycles. The summed E-state index contributed by atoms with van der Waals surface area (Å²) in [6.45, 7) is 2.54. The lowest BCUT2D eigenvalue weighted by Crippen LogP contribution is -2.44. The summed E-state index contributed by atoms with van der Waals surface area (Å²) in [7, 11) is -3.18. The normalized spacial score (nSPS) is 31.2. The van der Waals surface area contributed by atoms with Gasteiger partial charge < -0.3 is 9.47 Å². The first-order valence-corrected chi connectivity index (χ1v) is 10.4. The molecule has 0 aromatic carbocycles. The minimum Gasteiger partial charge on any atom is -0.374 e. The molecule has 0 amide bonds. The van der Waals surface area contributed by atoms with E-state index in [-0.39, 0.29) is 23.5 Å². The van der Waals surface area contributed by atoms with Crippen molar-refractivity contribution in [3.63, 3.8) is 0 Å². The van der Waals surface area contributed by atoms with Crippen LogP contribution in [0.5, 0.6) is 0 Å². The van der Waals surface area contributed by atoms with Gasteiger partial charge in [0, 0.05) is 38.7 Å². The van der Waals surface area contributed by atoms with Crippen LogP contribution in [-0.2, 0) is 26.0 Å². The van der Waals surface area contributed by atoms with Crippen molar-refractivity contribution in [3.8, 4) is 0 Å². The molecule has 2 saturated heterocycles. The fourth-order valence-corrected chi connectivity index (χ4v) is 5.83. The SMILES string of the molecule is O=S(=O)(C1CC1)N1C[C@@H](OCCCn2cccn2)[C@@H]2OCCC[C@H]21. The lowest BCUT2D eigenvalue weighted by Gasteiger charge is -2.31. The molecule has 1 aromatic heterocycles. The van der Waals surface area contributed by atoms with Crippen molar-refractivity contribution < 1.29 is 17.9 Å². The number of rotatable bonds is 7. The van der Waals surface area contributed by atoms with Crippen LogP contribution >= 0.6 is 0 Å². The Labute approximate surface area is 143 Å². The maximum absolute atomic E-state index is 12.7. The Morgan fingerprint density at radius 3 is 2.92 bits per heavy atom. The highest BCUT2D eigenvalue weighted by Gasteiger charge is 2.52. The fourth-order valence-electron chi connectivity index (χ4n) is 3.76. The molecule has 0 unspecified atom stereocenters. The van der Waals surface area contributed by atoms with Gasteiger partial charge in [0.2, 0.25) is 10.0 Å². The molecule has 0 radical (unpaired) electrons. The predicted molar refractivity (Wildman–Crippen MR) is 88.0 cm³/mol. The maximum atomic E-state index is 12.7. The van der Waals surface area contributed by atoms with E-state index in [2.05, 4.69) is 5.10 Å². The third-order valence-corrected chi connectivity index (χ3v) is 7.51. The van der Waals surface area contributed by atoms with Crippen molar-refractivity contribution >= 4 is 10.0 Å². The average Bonchev–Trinajstić information content (AvgIpc) is 3.21. The van der Waals surface area contributed by atoms with E-state index < -0.39 is 10.0 Å². The number of hydrogen-bond donors (Lipinski definition) is 0. The highest BCUT2D eigenvalue weighted by molar-refractivity contribution is 7.90. The van der Waals surface area contributed by atoms with Gasteiger partial charge in [-0.05, 0) is 38.2 Å². The zero-order valence-electron chi connectivity index (χ0n) is 13.8. The van der Waals surface area contributed by atoms with E-state index in [4.69, 9.17) is 9.47 Å². The number of hydrogen-bond acceptors (Lipinski definition) is 5. The number of aromatic nitrogens is 2. The lowest BCUT2D eigenvalue weighted by atomic mass is 10.0. The van der Waals surface area contributed by atoms with E-state index in [0.29, 0.717) is 19.8 Å². The van der Waals surface area contributed by atoms with Crippen LogP contribution in [0.1, 0.15) is 32.1 Å². The molecule has 0 bridgehead atoms. The summed E-state index contributed by atoms with van der Waals surface area (Å²) in [5.41, 5.74) is 0. The molecule has 4 rings (SSSR count). The Balaban J connectivity index is 1.36. The summed E-state index contributed by atoms with van der Waals surface area (Å²) in [6.07, 6.45) is 7.68. The van der Waals surface area contributed by atoms with Gasteiger partial charge in [0.1, 0.15) is 6.10 Å². The van der Waals surface area contributed by atoms with Crippen molar-refractivity contribution in [2.45, 2.75) is 62.1 Å². The first-order valence-electron chi connectivity index (χ1n) is 8.87. The van der Waals surface area contributed by atoms with Crippen LogP contribution in [0.4, 0.5) is 0 Å². The predicted octanol–water partition coefficient (Wildman–Crippen LogP) is 1.01. The second kappa shape index (κ2) is 6.74. The second-order valence-electron chi connectivity index (χ2n) is 6.89. The number of ether oxygens (including phenoxy) is 2. The molecule has 0 spiro atoms. The average molecular weight is 355 g/mol. The van der Waals surface area contributed by atoms with E-state index in [1.807, 2.05) is 16.9 Å². The maximum Gasteiger partial charge on any atom is 0.217 e. The summed E-state index contributed by atoms with van der Waals surface area (Å²) in [4.78, 5) is 0. The Kier molecular flexibility index (Phi) is 4.64. The second-order valence-corrected chi connectivity index (χ2v) is 9.06. The smallest absolute Gasteiger partial charge is 0.217 e. The van der Waals surface area contributed by atoms with Crippen molar-refractivity contribution in [2.24, 2.45) is 0 Å². The van der Waals surface area contributed by atoms with Crippen LogP contribution < -0.4 is 0 Å². The van der Waals surface area contributed by atoms with Gasteiger partial charge in [-0.2, -0.15) is 9.40 Å². The zero-order chi connectivity index (χ0) is 16.6. The first kappa shape index (κ1) is 16.5. The Bertz CT molecular complexity index is 644. The minimum atomic E-state index is -3.18. The van der Waals surface area contributed by atoms with Gasteiger partial charge in [-0.3, -0.25) is 4.68 Å². The molecule has 3 aliphatic rings. The summed E-state index contributed by atoms with van der Waals surface area (Å²) in [6, 6.07) is 1.86. The van der Waals surface area contributed by atoms with Gasteiger partial charge in [-0.25, -0.2) is 8.42 Å². The van der Waals surface area contributed by atoms with Crippen molar-refractivity contribution in [1.82, 2.24) is 14.1 Å². The first-order chi connectivity index (χ1) is 11.7. The molecule has 2 aliphatic heterocycles. The summed E-state index contributed by atoms with van der Waals surface area (Å²) < 4.78 is 40.9. The van der Waals surface area contributed by atoms with E-state index in [1.54, 1.807) is 10.5 Å². The van der Waals surface area contributed by atoms with Gasteiger partial charge >= 0.3 is 0 Å². The lowest BCUT2D eigenvalue weighted by molar-refractivity contribution is -0.0761. The van der Waals surface area contributed by atoms with Crippen molar-refractivity contribution in [3.05, 3.63) is 18.5 Å². The Morgan fingerprint density at radius 2 is 2.17 bits per heavy atom. The molecule has 134 valence electrons. The van der Waals surface area contributed by atoms with Crippen LogP contribution in [0.15, 0.2) is 18.5 Å². The molecule has 7 nitrogen and oxygen atoms in total. The molecular formula is C16H25N3O4S. The Morgan fingerprint density at radius 1 is 1.29 bits per heavy atom. The summed E-state index contributed by atoms with van der Waals surface area (Å²) in [5, 5.41) is 4.00. The van der Waals surface area contributed by atoms with E-state index in [0.717, 1.165) is 38.6 Å². The van der Waals surface area contributed by atoms with Crippen LogP contribution in [0.3, 0.4) is 0 Å². The van der Waals surface area contributed by atoms with Crippen molar-refractivity contribution in [2.75, 3.05) is 19.8 Å². The molecule has 3 atom stereocenters. The summed E-state index contributed by atoms with van der Waals surface area (Å²) >= 11 is 0. The number of sulfonamides is 1. The number of aryl methyl sites for hydroxylation is 1. The Hall–Kier alpha value is -0.960. The molecule has 24 heavy (non-hydrogen) atoms. The van der Waals surface area contributed by atoms with Gasteiger partial charge in [-0.1, -0.05) is 0 Å². The van der Waals surface area contributed by atoms with Crippen LogP contribution in [0, 0.1) is 0 Å². The summed E-state index contributed by atoms with van der Waals surface area (Å²) in [5.74, 6) is 0. The van der Waals surface area contributed by atoms with Gasteiger partial charge in [0.25, 0.3) is 0 Å². The van der Waals surface area contributed by atoms with Crippen molar-refractivity contribution in [1.29, 1.82) is 0 Å². The molecule has 3 heterocycles. The molecule has 8 heteroatoms. The molecule has 3 fully saturated rings. The highest BCUT2D eigenvalue weighted by Crippen LogP contribution is 2.39. The number of nitrogens with zero attached hydrogens (tertiary/aromatic N) is 3. The highest BCUT2D eigenvalue weighted by atomic mass is 32.2.